The molecule has 10 nitrogen and oxygen atoms in total. The van der Waals surface area contributed by atoms with Crippen LogP contribution < -0.4 is 16.0 Å². The normalized spacial score (nSPS) is 13.4. The highest BCUT2D eigenvalue weighted by Gasteiger charge is 2.27. The Labute approximate surface area is 281 Å². The zero-order valence-electron chi connectivity index (χ0n) is 31.5. The Kier molecular flexibility index (Phi) is 21.9. The molecule has 0 spiro atoms. The lowest BCUT2D eigenvalue weighted by Gasteiger charge is -2.29. The van der Waals surface area contributed by atoms with Gasteiger partial charge in [0.05, 0.1) is 39.6 Å². The van der Waals surface area contributed by atoms with E-state index in [1.54, 1.807) is 14.2 Å². The molecule has 0 saturated heterocycles. The molecular formula is C36H71N3O7. The maximum atomic E-state index is 13.2. The average molecular weight is 658 g/mol. The van der Waals surface area contributed by atoms with Crippen LogP contribution in [0.2, 0.25) is 0 Å². The lowest BCUT2D eigenvalue weighted by atomic mass is 9.89. The molecule has 0 aromatic heterocycles. The lowest BCUT2D eigenvalue weighted by Crippen LogP contribution is -2.49. The third kappa shape index (κ3) is 23.6. The second kappa shape index (κ2) is 22.8. The van der Waals surface area contributed by atoms with Crippen molar-refractivity contribution in [3.8, 4) is 0 Å². The van der Waals surface area contributed by atoms with Crippen molar-refractivity contribution >= 4 is 17.7 Å². The molecule has 0 fully saturated rings. The van der Waals surface area contributed by atoms with E-state index in [0.29, 0.717) is 72.0 Å². The largest absolute Gasteiger partial charge is 0.384 e. The number of unbranched alkanes of at least 4 members (excludes halogenated alkanes) is 4. The number of ether oxygens (including phenoxy) is 4. The maximum Gasteiger partial charge on any atom is 0.242 e. The van der Waals surface area contributed by atoms with Gasteiger partial charge in [0.2, 0.25) is 17.7 Å². The Morgan fingerprint density at radius 1 is 0.609 bits per heavy atom. The highest BCUT2D eigenvalue weighted by atomic mass is 16.5. The van der Waals surface area contributed by atoms with Gasteiger partial charge in [-0.2, -0.15) is 0 Å². The van der Waals surface area contributed by atoms with Gasteiger partial charge in [0.1, 0.15) is 6.04 Å². The van der Waals surface area contributed by atoms with Crippen molar-refractivity contribution in [2.45, 2.75) is 126 Å². The fraction of sp³-hybridized carbons (Fsp3) is 0.917. The Balaban J connectivity index is 4.72. The van der Waals surface area contributed by atoms with Crippen molar-refractivity contribution < 1.29 is 33.3 Å². The SMILES string of the molecule is CCCCCC(=O)N[C@@H](CCCCCNC(=O)CC(C)(C)COCC(C)(C)COC)C(=O)NCC(C)(C)COCC(C)(C)COC. The minimum absolute atomic E-state index is 0.00945. The summed E-state index contributed by atoms with van der Waals surface area (Å²) in [6, 6.07) is -0.587. The summed E-state index contributed by atoms with van der Waals surface area (Å²) in [4.78, 5) is 38.4. The Bertz CT molecular complexity index is 859. The van der Waals surface area contributed by atoms with Gasteiger partial charge in [0.25, 0.3) is 0 Å². The van der Waals surface area contributed by atoms with E-state index in [2.05, 4.69) is 64.4 Å². The molecule has 0 saturated carbocycles. The average Bonchev–Trinajstić information content (AvgIpc) is 2.92. The van der Waals surface area contributed by atoms with Crippen LogP contribution in [0.3, 0.4) is 0 Å². The van der Waals surface area contributed by atoms with Gasteiger partial charge < -0.3 is 34.9 Å². The van der Waals surface area contributed by atoms with E-state index < -0.39 is 6.04 Å². The number of carbonyl (C=O) groups excluding carboxylic acids is 3. The summed E-state index contributed by atoms with van der Waals surface area (Å²) in [7, 11) is 3.37. The first-order valence-corrected chi connectivity index (χ1v) is 17.3. The molecule has 0 aliphatic heterocycles. The van der Waals surface area contributed by atoms with E-state index >= 15 is 0 Å². The minimum Gasteiger partial charge on any atom is -0.384 e. The van der Waals surface area contributed by atoms with E-state index in [1.165, 1.54) is 0 Å². The molecule has 272 valence electrons. The summed E-state index contributed by atoms with van der Waals surface area (Å²) in [5.74, 6) is -0.243. The lowest BCUT2D eigenvalue weighted by molar-refractivity contribution is -0.129. The van der Waals surface area contributed by atoms with Crippen LogP contribution in [0.25, 0.3) is 0 Å². The van der Waals surface area contributed by atoms with Gasteiger partial charge >= 0.3 is 0 Å². The van der Waals surface area contributed by atoms with Crippen LogP contribution in [-0.2, 0) is 33.3 Å². The monoisotopic (exact) mass is 658 g/mol. The van der Waals surface area contributed by atoms with Crippen molar-refractivity contribution in [2.75, 3.05) is 67.0 Å². The molecule has 3 N–H and O–H groups in total. The maximum absolute atomic E-state index is 13.2. The second-order valence-corrected chi connectivity index (χ2v) is 16.2. The number of hydrogen-bond donors (Lipinski definition) is 3. The molecule has 0 rings (SSSR count). The quantitative estimate of drug-likeness (QED) is 0.0928. The summed E-state index contributed by atoms with van der Waals surface area (Å²) in [6.07, 6.45) is 6.60. The van der Waals surface area contributed by atoms with Crippen LogP contribution in [0.15, 0.2) is 0 Å². The highest BCUT2D eigenvalue weighted by molar-refractivity contribution is 5.87. The first-order valence-electron chi connectivity index (χ1n) is 17.3. The third-order valence-electron chi connectivity index (χ3n) is 7.57. The zero-order chi connectivity index (χ0) is 35.3. The third-order valence-corrected chi connectivity index (χ3v) is 7.57. The number of rotatable bonds is 28. The number of methoxy groups -OCH3 is 2. The van der Waals surface area contributed by atoms with E-state index in [4.69, 9.17) is 18.9 Å². The molecule has 0 aliphatic carbocycles. The molecule has 0 radical (unpaired) electrons. The molecule has 0 aliphatic rings. The molecule has 0 unspecified atom stereocenters. The summed E-state index contributed by atoms with van der Waals surface area (Å²) >= 11 is 0. The van der Waals surface area contributed by atoms with Gasteiger partial charge in [-0.05, 0) is 24.7 Å². The molecule has 3 amide bonds. The fourth-order valence-corrected chi connectivity index (χ4v) is 5.07. The Hall–Kier alpha value is -1.75. The Morgan fingerprint density at radius 2 is 1.15 bits per heavy atom. The molecular weight excluding hydrogens is 586 g/mol. The molecule has 10 heteroatoms. The first-order chi connectivity index (χ1) is 21.4. The minimum atomic E-state index is -0.587. The van der Waals surface area contributed by atoms with E-state index in [-0.39, 0.29) is 39.4 Å². The molecule has 1 atom stereocenters. The summed E-state index contributed by atoms with van der Waals surface area (Å²) in [5, 5.41) is 9.05. The van der Waals surface area contributed by atoms with Gasteiger partial charge in [0.15, 0.2) is 0 Å². The Morgan fingerprint density at radius 3 is 1.70 bits per heavy atom. The van der Waals surface area contributed by atoms with Gasteiger partial charge in [0, 0.05) is 56.4 Å². The van der Waals surface area contributed by atoms with Crippen molar-refractivity contribution in [1.82, 2.24) is 16.0 Å². The summed E-state index contributed by atoms with van der Waals surface area (Å²) < 4.78 is 22.4. The molecule has 0 bridgehead atoms. The van der Waals surface area contributed by atoms with Crippen molar-refractivity contribution in [1.29, 1.82) is 0 Å². The summed E-state index contributed by atoms with van der Waals surface area (Å²) in [6.45, 7) is 23.0. The zero-order valence-corrected chi connectivity index (χ0v) is 31.5. The second-order valence-electron chi connectivity index (χ2n) is 16.2. The van der Waals surface area contributed by atoms with Crippen LogP contribution in [0.5, 0.6) is 0 Å². The van der Waals surface area contributed by atoms with Crippen molar-refractivity contribution in [3.05, 3.63) is 0 Å². The van der Waals surface area contributed by atoms with Crippen LogP contribution >= 0.6 is 0 Å². The smallest absolute Gasteiger partial charge is 0.242 e. The molecule has 0 aromatic carbocycles. The number of hydrogen-bond acceptors (Lipinski definition) is 7. The topological polar surface area (TPSA) is 124 Å². The summed E-state index contributed by atoms with van der Waals surface area (Å²) in [5.41, 5.74) is -0.701. The fourth-order valence-electron chi connectivity index (χ4n) is 5.07. The van der Waals surface area contributed by atoms with E-state index in [0.717, 1.165) is 38.5 Å². The van der Waals surface area contributed by atoms with Crippen LogP contribution in [0.4, 0.5) is 0 Å². The van der Waals surface area contributed by atoms with E-state index in [9.17, 15) is 14.4 Å². The highest BCUT2D eigenvalue weighted by Crippen LogP contribution is 2.23. The molecule has 0 aromatic rings. The van der Waals surface area contributed by atoms with Gasteiger partial charge in [-0.15, -0.1) is 0 Å². The van der Waals surface area contributed by atoms with Crippen molar-refractivity contribution in [3.63, 3.8) is 0 Å². The predicted octanol–water partition coefficient (Wildman–Crippen LogP) is 5.67. The predicted molar refractivity (Wildman–Crippen MR) is 186 cm³/mol. The number of amides is 3. The first kappa shape index (κ1) is 44.2. The van der Waals surface area contributed by atoms with Crippen LogP contribution in [-0.4, -0.2) is 90.7 Å². The van der Waals surface area contributed by atoms with Gasteiger partial charge in [-0.3, -0.25) is 14.4 Å². The van der Waals surface area contributed by atoms with Crippen molar-refractivity contribution in [2.24, 2.45) is 21.7 Å². The molecule has 0 heterocycles. The number of nitrogens with one attached hydrogen (secondary N) is 3. The molecule has 46 heavy (non-hydrogen) atoms. The van der Waals surface area contributed by atoms with Gasteiger partial charge in [-0.1, -0.05) is 88.0 Å². The van der Waals surface area contributed by atoms with E-state index in [1.807, 2.05) is 13.8 Å². The standard InChI is InChI=1S/C36H71N3O7/c1-12-13-15-19-30(40)39-29(32(42)38-22-34(4,5)26-46-28-36(8,9)24-44-11)18-16-14-17-20-37-31(41)21-33(2,3)25-45-27-35(6,7)23-43-10/h29H,12-28H2,1-11H3,(H,37,41)(H,38,42)(H,39,40)/t29-/m0/s1. The van der Waals surface area contributed by atoms with Crippen LogP contribution in [0, 0.1) is 21.7 Å². The van der Waals surface area contributed by atoms with Gasteiger partial charge in [-0.25, -0.2) is 0 Å². The van der Waals surface area contributed by atoms with Crippen LogP contribution in [0.1, 0.15) is 120 Å². The number of carbonyl (C=O) groups is 3.